The number of carbonyl (C=O) groups is 2. The minimum Gasteiger partial charge on any atom is -0.508 e. The lowest BCUT2D eigenvalue weighted by Crippen LogP contribution is -2.14. The van der Waals surface area contributed by atoms with Crippen LogP contribution in [0.4, 0.5) is 5.82 Å². The summed E-state index contributed by atoms with van der Waals surface area (Å²) in [5.74, 6) is -1.46. The number of aromatic hydroxyl groups is 1. The van der Waals surface area contributed by atoms with Crippen molar-refractivity contribution in [3.8, 4) is 22.7 Å². The summed E-state index contributed by atoms with van der Waals surface area (Å²) in [7, 11) is 0. The highest BCUT2D eigenvalue weighted by Gasteiger charge is 2.23. The molecule has 156 valence electrons. The molecule has 0 saturated carbocycles. The summed E-state index contributed by atoms with van der Waals surface area (Å²) in [5, 5.41) is 19.0. The Labute approximate surface area is 177 Å². The molecule has 2 aromatic heterocycles. The molecule has 0 aliphatic heterocycles. The quantitative estimate of drug-likeness (QED) is 0.394. The zero-order valence-corrected chi connectivity index (χ0v) is 16.7. The van der Waals surface area contributed by atoms with Crippen LogP contribution in [0, 0.1) is 6.92 Å². The fourth-order valence-corrected chi connectivity index (χ4v) is 3.70. The molecule has 0 saturated heterocycles. The third kappa shape index (κ3) is 3.55. The minimum atomic E-state index is -0.928. The van der Waals surface area contributed by atoms with Gasteiger partial charge in [0.25, 0.3) is 5.91 Å². The van der Waals surface area contributed by atoms with E-state index in [9.17, 15) is 14.7 Å². The van der Waals surface area contributed by atoms with Crippen LogP contribution in [0.25, 0.3) is 28.0 Å². The Kier molecular flexibility index (Phi) is 4.82. The van der Waals surface area contributed by atoms with Gasteiger partial charge in [-0.1, -0.05) is 24.3 Å². The number of primary amides is 1. The molecule has 8 heteroatoms. The summed E-state index contributed by atoms with van der Waals surface area (Å²) in [5.41, 5.74) is 16.2. The molecule has 0 radical (unpaired) electrons. The monoisotopic (exact) mass is 416 g/mol. The number of fused-ring (bicyclic) bond motifs is 1. The van der Waals surface area contributed by atoms with E-state index in [-0.39, 0.29) is 23.6 Å². The maximum atomic E-state index is 12.2. The Morgan fingerprint density at radius 2 is 1.87 bits per heavy atom. The fraction of sp³-hybridized carbons (Fsp3) is 0.0870. The second-order valence-electron chi connectivity index (χ2n) is 7.27. The van der Waals surface area contributed by atoms with Crippen LogP contribution in [-0.4, -0.2) is 31.6 Å². The van der Waals surface area contributed by atoms with Crippen LogP contribution >= 0.6 is 0 Å². The first-order valence-corrected chi connectivity index (χ1v) is 9.48. The zero-order chi connectivity index (χ0) is 22.3. The van der Waals surface area contributed by atoms with Crippen molar-refractivity contribution in [2.24, 2.45) is 5.73 Å². The molecule has 8 nitrogen and oxygen atoms in total. The maximum Gasteiger partial charge on any atom is 0.307 e. The van der Waals surface area contributed by atoms with Crippen molar-refractivity contribution < 1.29 is 19.8 Å². The lowest BCUT2D eigenvalue weighted by atomic mass is 10.1. The predicted octanol–water partition coefficient (Wildman–Crippen LogP) is 3.01. The number of phenolic OH excluding ortho intramolecular Hbond substituents is 1. The van der Waals surface area contributed by atoms with E-state index >= 15 is 0 Å². The van der Waals surface area contributed by atoms with Gasteiger partial charge in [0.1, 0.15) is 22.6 Å². The van der Waals surface area contributed by atoms with Gasteiger partial charge in [0.05, 0.1) is 23.3 Å². The van der Waals surface area contributed by atoms with Crippen LogP contribution in [-0.2, 0) is 11.2 Å². The predicted molar refractivity (Wildman–Crippen MR) is 117 cm³/mol. The van der Waals surface area contributed by atoms with Crippen LogP contribution in [0.5, 0.6) is 5.75 Å². The van der Waals surface area contributed by atoms with E-state index < -0.39 is 11.9 Å². The van der Waals surface area contributed by atoms with Gasteiger partial charge in [0, 0.05) is 11.6 Å². The van der Waals surface area contributed by atoms with E-state index in [0.717, 1.165) is 5.56 Å². The molecule has 0 aliphatic carbocycles. The van der Waals surface area contributed by atoms with Crippen LogP contribution in [0.15, 0.2) is 54.6 Å². The number of rotatable bonds is 5. The summed E-state index contributed by atoms with van der Waals surface area (Å²) < 4.78 is 1.64. The molecule has 4 aromatic rings. The standard InChI is InChI=1S/C23H20N4O4/c1-12-5-6-15(28)11-18(12)27-17-8-7-16(26-21(17)20(22(27)24)23(25)31)14-4-2-3-13(9-14)10-19(29)30/h2-9,11,28H,10,24H2,1H3,(H2,25,31)(H,29,30). The number of anilines is 1. The van der Waals surface area contributed by atoms with Gasteiger partial charge in [0.2, 0.25) is 0 Å². The average molecular weight is 416 g/mol. The lowest BCUT2D eigenvalue weighted by molar-refractivity contribution is -0.136. The van der Waals surface area contributed by atoms with Crippen molar-refractivity contribution in [2.45, 2.75) is 13.3 Å². The first-order valence-electron chi connectivity index (χ1n) is 9.48. The number of nitrogen functional groups attached to an aromatic ring is 1. The Bertz CT molecular complexity index is 1360. The van der Waals surface area contributed by atoms with Gasteiger partial charge in [-0.2, -0.15) is 0 Å². The summed E-state index contributed by atoms with van der Waals surface area (Å²) in [6.45, 7) is 1.86. The van der Waals surface area contributed by atoms with Crippen molar-refractivity contribution in [2.75, 3.05) is 5.73 Å². The number of pyridine rings is 1. The van der Waals surface area contributed by atoms with Gasteiger partial charge in [-0.25, -0.2) is 4.98 Å². The second kappa shape index (κ2) is 7.49. The highest BCUT2D eigenvalue weighted by Crippen LogP contribution is 2.34. The zero-order valence-electron chi connectivity index (χ0n) is 16.7. The van der Waals surface area contributed by atoms with E-state index in [0.29, 0.717) is 33.5 Å². The number of carbonyl (C=O) groups excluding carboxylic acids is 1. The van der Waals surface area contributed by atoms with E-state index in [1.54, 1.807) is 53.1 Å². The number of amides is 1. The van der Waals surface area contributed by atoms with Crippen LogP contribution in [0.1, 0.15) is 21.5 Å². The molecule has 0 unspecified atom stereocenters. The number of nitrogens with two attached hydrogens (primary N) is 2. The number of benzene rings is 2. The topological polar surface area (TPSA) is 144 Å². The number of aryl methyl sites for hydroxylation is 1. The summed E-state index contributed by atoms with van der Waals surface area (Å²) >= 11 is 0. The molecule has 0 bridgehead atoms. The largest absolute Gasteiger partial charge is 0.508 e. The van der Waals surface area contributed by atoms with Crippen molar-refractivity contribution in [1.82, 2.24) is 9.55 Å². The first-order chi connectivity index (χ1) is 14.8. The summed E-state index contributed by atoms with van der Waals surface area (Å²) in [6.07, 6.45) is -0.108. The molecule has 6 N–H and O–H groups in total. The normalized spacial score (nSPS) is 11.0. The number of aromatic nitrogens is 2. The molecule has 0 fully saturated rings. The van der Waals surface area contributed by atoms with Crippen molar-refractivity contribution in [3.05, 3.63) is 71.3 Å². The van der Waals surface area contributed by atoms with Gasteiger partial charge in [0.15, 0.2) is 0 Å². The lowest BCUT2D eigenvalue weighted by Gasteiger charge is -2.12. The molecule has 31 heavy (non-hydrogen) atoms. The number of phenols is 1. The van der Waals surface area contributed by atoms with Gasteiger partial charge < -0.3 is 21.7 Å². The summed E-state index contributed by atoms with van der Waals surface area (Å²) in [6, 6.07) is 15.4. The van der Waals surface area contributed by atoms with E-state index in [2.05, 4.69) is 4.98 Å². The number of nitrogens with zero attached hydrogens (tertiary/aromatic N) is 2. The molecular formula is C23H20N4O4. The second-order valence-corrected chi connectivity index (χ2v) is 7.27. The van der Waals surface area contributed by atoms with Gasteiger partial charge in [-0.15, -0.1) is 0 Å². The Balaban J connectivity index is 1.95. The van der Waals surface area contributed by atoms with E-state index in [1.165, 1.54) is 0 Å². The summed E-state index contributed by atoms with van der Waals surface area (Å²) in [4.78, 5) is 27.9. The van der Waals surface area contributed by atoms with Crippen molar-refractivity contribution in [3.63, 3.8) is 0 Å². The van der Waals surface area contributed by atoms with Gasteiger partial charge in [-0.3, -0.25) is 14.2 Å². The number of carboxylic acids is 1. The molecular weight excluding hydrogens is 396 g/mol. The fourth-order valence-electron chi connectivity index (χ4n) is 3.70. The first kappa shape index (κ1) is 20.0. The molecule has 4 rings (SSSR count). The molecule has 0 atom stereocenters. The highest BCUT2D eigenvalue weighted by molar-refractivity contribution is 6.10. The number of hydrogen-bond donors (Lipinski definition) is 4. The van der Waals surface area contributed by atoms with Crippen LogP contribution in [0.2, 0.25) is 0 Å². The molecule has 1 amide bonds. The smallest absolute Gasteiger partial charge is 0.307 e. The molecule has 2 heterocycles. The SMILES string of the molecule is Cc1ccc(O)cc1-n1c(N)c(C(N)=O)c2nc(-c3cccc(CC(=O)O)c3)ccc21. The number of hydrogen-bond acceptors (Lipinski definition) is 5. The Morgan fingerprint density at radius 1 is 1.10 bits per heavy atom. The maximum absolute atomic E-state index is 12.2. The van der Waals surface area contributed by atoms with E-state index in [4.69, 9.17) is 16.6 Å². The van der Waals surface area contributed by atoms with Crippen molar-refractivity contribution in [1.29, 1.82) is 0 Å². The third-order valence-electron chi connectivity index (χ3n) is 5.11. The van der Waals surface area contributed by atoms with E-state index in [1.807, 2.05) is 13.0 Å². The molecule has 0 aliphatic rings. The van der Waals surface area contributed by atoms with Crippen molar-refractivity contribution >= 4 is 28.7 Å². The number of aliphatic carboxylic acids is 1. The van der Waals surface area contributed by atoms with Crippen LogP contribution in [0.3, 0.4) is 0 Å². The Hall–Kier alpha value is -4.33. The third-order valence-corrected chi connectivity index (χ3v) is 5.11. The number of carboxylic acid groups (broad SMARTS) is 1. The minimum absolute atomic E-state index is 0.0577. The molecule has 2 aromatic carbocycles. The average Bonchev–Trinajstić information content (AvgIpc) is 3.00. The Morgan fingerprint density at radius 3 is 2.58 bits per heavy atom. The van der Waals surface area contributed by atoms with Gasteiger partial charge in [-0.05, 0) is 42.3 Å². The molecule has 0 spiro atoms. The van der Waals surface area contributed by atoms with Crippen LogP contribution < -0.4 is 11.5 Å². The highest BCUT2D eigenvalue weighted by atomic mass is 16.4. The van der Waals surface area contributed by atoms with Gasteiger partial charge >= 0.3 is 5.97 Å².